The second-order valence-electron chi connectivity index (χ2n) is 7.69. The zero-order valence-electron chi connectivity index (χ0n) is 16.1. The molecule has 1 amide bonds. The van der Waals surface area contributed by atoms with Crippen LogP contribution in [0.3, 0.4) is 0 Å². The fourth-order valence-electron chi connectivity index (χ4n) is 4.20. The molecule has 0 radical (unpaired) electrons. The minimum atomic E-state index is -3.60. The second kappa shape index (κ2) is 7.97. The lowest BCUT2D eigenvalue weighted by Crippen LogP contribution is -2.38. The number of fused-ring (bicyclic) bond motifs is 1. The van der Waals surface area contributed by atoms with Gasteiger partial charge in [0, 0.05) is 36.6 Å². The van der Waals surface area contributed by atoms with E-state index in [1.807, 2.05) is 4.90 Å². The first-order chi connectivity index (χ1) is 13.5. The Labute approximate surface area is 171 Å². The van der Waals surface area contributed by atoms with Crippen LogP contribution >= 0.6 is 11.3 Å². The highest BCUT2D eigenvalue weighted by Crippen LogP contribution is 2.28. The van der Waals surface area contributed by atoms with Gasteiger partial charge in [0.15, 0.2) is 0 Å². The number of rotatable bonds is 4. The molecule has 5 nitrogen and oxygen atoms in total. The second-order valence-corrected chi connectivity index (χ2v) is 10.7. The standard InChI is InChI=1S/C21H26N2O3S2/c1-22(18-7-3-2-4-8-18)28(25,26)19-9-5-6-16(14-19)21(24)23-12-10-20-17(15-23)11-13-27-20/h5-6,9,11,13-14,18H,2-4,7-8,10,12,15H2,1H3. The van der Waals surface area contributed by atoms with Gasteiger partial charge < -0.3 is 4.90 Å². The molecule has 4 rings (SSSR count). The van der Waals surface area contributed by atoms with Crippen molar-refractivity contribution in [2.45, 2.75) is 56.0 Å². The SMILES string of the molecule is CN(C1CCCCC1)S(=O)(=O)c1cccc(C(=O)N2CCc3sccc3C2)c1. The minimum Gasteiger partial charge on any atom is -0.334 e. The van der Waals surface area contributed by atoms with Gasteiger partial charge in [0.2, 0.25) is 10.0 Å². The monoisotopic (exact) mass is 418 g/mol. The molecule has 0 saturated heterocycles. The van der Waals surface area contributed by atoms with Crippen LogP contribution in [0.4, 0.5) is 0 Å². The number of carbonyl (C=O) groups is 1. The highest BCUT2D eigenvalue weighted by molar-refractivity contribution is 7.89. The van der Waals surface area contributed by atoms with Crippen LogP contribution in [0, 0.1) is 0 Å². The number of hydrogen-bond acceptors (Lipinski definition) is 4. The Bertz CT molecular complexity index is 962. The molecule has 2 aromatic rings. The number of amides is 1. The molecule has 1 aromatic heterocycles. The van der Waals surface area contributed by atoms with Crippen molar-refractivity contribution in [1.82, 2.24) is 9.21 Å². The van der Waals surface area contributed by atoms with E-state index >= 15 is 0 Å². The first kappa shape index (κ1) is 19.6. The fraction of sp³-hybridized carbons (Fsp3) is 0.476. The highest BCUT2D eigenvalue weighted by Gasteiger charge is 2.30. The lowest BCUT2D eigenvalue weighted by Gasteiger charge is -2.30. The topological polar surface area (TPSA) is 57.7 Å². The van der Waals surface area contributed by atoms with E-state index in [9.17, 15) is 13.2 Å². The third kappa shape index (κ3) is 3.75. The molecule has 0 atom stereocenters. The molecule has 1 aliphatic carbocycles. The van der Waals surface area contributed by atoms with Crippen LogP contribution in [0.1, 0.15) is 52.9 Å². The Morgan fingerprint density at radius 2 is 1.96 bits per heavy atom. The summed E-state index contributed by atoms with van der Waals surface area (Å²) in [6.07, 6.45) is 6.00. The summed E-state index contributed by atoms with van der Waals surface area (Å²) in [5.41, 5.74) is 1.64. The lowest BCUT2D eigenvalue weighted by molar-refractivity contribution is 0.0735. The Balaban J connectivity index is 1.54. The summed E-state index contributed by atoms with van der Waals surface area (Å²) >= 11 is 1.73. The van der Waals surface area contributed by atoms with Gasteiger partial charge >= 0.3 is 0 Å². The van der Waals surface area contributed by atoms with Gasteiger partial charge in [-0.15, -0.1) is 11.3 Å². The molecule has 2 aliphatic rings. The number of benzene rings is 1. The normalized spacial score (nSPS) is 18.3. The molecule has 150 valence electrons. The van der Waals surface area contributed by atoms with Crippen molar-refractivity contribution < 1.29 is 13.2 Å². The summed E-state index contributed by atoms with van der Waals surface area (Å²) in [6.45, 7) is 1.27. The average molecular weight is 419 g/mol. The Morgan fingerprint density at radius 1 is 1.18 bits per heavy atom. The van der Waals surface area contributed by atoms with E-state index in [1.165, 1.54) is 21.2 Å². The Kier molecular flexibility index (Phi) is 5.58. The third-order valence-electron chi connectivity index (χ3n) is 5.94. The maximum absolute atomic E-state index is 13.1. The molecule has 1 fully saturated rings. The largest absolute Gasteiger partial charge is 0.334 e. The van der Waals surface area contributed by atoms with Gasteiger partial charge in [-0.3, -0.25) is 4.79 Å². The van der Waals surface area contributed by atoms with E-state index in [-0.39, 0.29) is 16.8 Å². The molecule has 7 heteroatoms. The molecule has 28 heavy (non-hydrogen) atoms. The molecular formula is C21H26N2O3S2. The van der Waals surface area contributed by atoms with Gasteiger partial charge in [-0.1, -0.05) is 25.3 Å². The average Bonchev–Trinajstić information content (AvgIpc) is 3.21. The van der Waals surface area contributed by atoms with Crippen LogP contribution < -0.4 is 0 Å². The maximum Gasteiger partial charge on any atom is 0.254 e. The van der Waals surface area contributed by atoms with E-state index in [0.717, 1.165) is 32.1 Å². The van der Waals surface area contributed by atoms with E-state index in [1.54, 1.807) is 42.6 Å². The van der Waals surface area contributed by atoms with Crippen molar-refractivity contribution in [2.24, 2.45) is 0 Å². The van der Waals surface area contributed by atoms with E-state index in [0.29, 0.717) is 18.7 Å². The first-order valence-electron chi connectivity index (χ1n) is 9.89. The summed E-state index contributed by atoms with van der Waals surface area (Å²) in [6, 6.07) is 8.65. The quantitative estimate of drug-likeness (QED) is 0.757. The summed E-state index contributed by atoms with van der Waals surface area (Å²) < 4.78 is 27.7. The molecule has 0 unspecified atom stereocenters. The number of carbonyl (C=O) groups excluding carboxylic acids is 1. The molecule has 0 N–H and O–H groups in total. The lowest BCUT2D eigenvalue weighted by atomic mass is 9.96. The van der Waals surface area contributed by atoms with Crippen molar-refractivity contribution in [3.8, 4) is 0 Å². The first-order valence-corrected chi connectivity index (χ1v) is 12.2. The number of sulfonamides is 1. The van der Waals surface area contributed by atoms with Crippen LogP contribution in [0.15, 0.2) is 40.6 Å². The van der Waals surface area contributed by atoms with Crippen molar-refractivity contribution in [3.63, 3.8) is 0 Å². The predicted octanol–water partition coefficient (Wildman–Crippen LogP) is 3.90. The fourth-order valence-corrected chi connectivity index (χ4v) is 6.55. The van der Waals surface area contributed by atoms with E-state index < -0.39 is 10.0 Å². The van der Waals surface area contributed by atoms with E-state index in [4.69, 9.17) is 0 Å². The van der Waals surface area contributed by atoms with Gasteiger partial charge in [-0.25, -0.2) is 8.42 Å². The highest BCUT2D eigenvalue weighted by atomic mass is 32.2. The van der Waals surface area contributed by atoms with Gasteiger partial charge in [0.05, 0.1) is 4.90 Å². The maximum atomic E-state index is 13.1. The van der Waals surface area contributed by atoms with Crippen LogP contribution in [0.25, 0.3) is 0 Å². The molecule has 1 aromatic carbocycles. The molecule has 0 spiro atoms. The minimum absolute atomic E-state index is 0.0530. The predicted molar refractivity (Wildman–Crippen MR) is 111 cm³/mol. The Hall–Kier alpha value is -1.70. The van der Waals surface area contributed by atoms with Crippen LogP contribution in [0.5, 0.6) is 0 Å². The number of thiophene rings is 1. The van der Waals surface area contributed by atoms with Crippen LogP contribution in [0.2, 0.25) is 0 Å². The van der Waals surface area contributed by atoms with Crippen molar-refractivity contribution >= 4 is 27.3 Å². The van der Waals surface area contributed by atoms with Crippen LogP contribution in [-0.2, 0) is 23.0 Å². The van der Waals surface area contributed by atoms with Crippen molar-refractivity contribution in [2.75, 3.05) is 13.6 Å². The molecule has 1 saturated carbocycles. The zero-order valence-corrected chi connectivity index (χ0v) is 17.8. The van der Waals surface area contributed by atoms with Crippen LogP contribution in [-0.4, -0.2) is 43.2 Å². The number of nitrogens with zero attached hydrogens (tertiary/aromatic N) is 2. The summed E-state index contributed by atoms with van der Waals surface area (Å²) in [7, 11) is -1.93. The summed E-state index contributed by atoms with van der Waals surface area (Å²) in [4.78, 5) is 16.4. The van der Waals surface area contributed by atoms with Gasteiger partial charge in [-0.2, -0.15) is 4.31 Å². The van der Waals surface area contributed by atoms with E-state index in [2.05, 4.69) is 11.4 Å². The Morgan fingerprint density at radius 3 is 2.75 bits per heavy atom. The number of hydrogen-bond donors (Lipinski definition) is 0. The molecule has 1 aliphatic heterocycles. The van der Waals surface area contributed by atoms with Crippen molar-refractivity contribution in [3.05, 3.63) is 51.7 Å². The smallest absolute Gasteiger partial charge is 0.254 e. The van der Waals surface area contributed by atoms with Gasteiger partial charge in [0.25, 0.3) is 5.91 Å². The summed E-state index contributed by atoms with van der Waals surface area (Å²) in [5.74, 6) is -0.103. The summed E-state index contributed by atoms with van der Waals surface area (Å²) in [5, 5.41) is 2.06. The third-order valence-corrected chi connectivity index (χ3v) is 8.87. The van der Waals surface area contributed by atoms with Gasteiger partial charge in [0.1, 0.15) is 0 Å². The molecule has 2 heterocycles. The van der Waals surface area contributed by atoms with Crippen molar-refractivity contribution in [1.29, 1.82) is 0 Å². The molecular weight excluding hydrogens is 392 g/mol. The molecule has 0 bridgehead atoms. The van der Waals surface area contributed by atoms with Gasteiger partial charge in [-0.05, 0) is 54.5 Å². The zero-order chi connectivity index (χ0) is 19.7.